The van der Waals surface area contributed by atoms with Gasteiger partial charge in [0, 0.05) is 36.7 Å². The van der Waals surface area contributed by atoms with Crippen molar-refractivity contribution in [2.45, 2.75) is 289 Å². The minimum absolute atomic E-state index is 0.0135. The van der Waals surface area contributed by atoms with Crippen molar-refractivity contribution in [1.82, 2.24) is 0 Å². The fourth-order valence-electron chi connectivity index (χ4n) is 11.1. The highest BCUT2D eigenvalue weighted by molar-refractivity contribution is 6.74. The lowest BCUT2D eigenvalue weighted by atomic mass is 9.72. The van der Waals surface area contributed by atoms with Crippen LogP contribution in [-0.4, -0.2) is 121 Å². The summed E-state index contributed by atoms with van der Waals surface area (Å²) in [7, 11) is -3.59. The average Bonchev–Trinajstić information content (AvgIpc) is 3.30. The van der Waals surface area contributed by atoms with Gasteiger partial charge >= 0.3 is 17.9 Å². The summed E-state index contributed by atoms with van der Waals surface area (Å²) in [5.41, 5.74) is -1.08. The molecule has 0 aromatic heterocycles. The summed E-state index contributed by atoms with van der Waals surface area (Å²) in [6.07, 6.45) is 13.8. The van der Waals surface area contributed by atoms with Gasteiger partial charge in [0.05, 0.1) is 57.3 Å². The van der Waals surface area contributed by atoms with Crippen molar-refractivity contribution in [3.63, 3.8) is 0 Å². The van der Waals surface area contributed by atoms with Gasteiger partial charge in [-0.2, -0.15) is 0 Å². The second-order valence-electron chi connectivity index (χ2n) is 27.0. The van der Waals surface area contributed by atoms with E-state index in [2.05, 4.69) is 95.4 Å². The van der Waals surface area contributed by atoms with Crippen LogP contribution in [0, 0.1) is 23.2 Å². The molecule has 11 atom stereocenters. The molecule has 3 saturated heterocycles. The van der Waals surface area contributed by atoms with E-state index in [0.717, 1.165) is 70.6 Å². The molecule has 1 unspecified atom stereocenters. The van der Waals surface area contributed by atoms with Gasteiger partial charge in [-0.1, -0.05) is 121 Å². The maximum Gasteiger partial charge on any atom is 0.330 e. The van der Waals surface area contributed by atoms with Crippen molar-refractivity contribution in [3.05, 3.63) is 23.8 Å². The summed E-state index contributed by atoms with van der Waals surface area (Å²) in [5, 5.41) is 12.6. The fraction of sp³-hybridized carbons (Fsp3) is 0.867. The molecule has 0 aromatic carbocycles. The number of hydrogen-bond acceptors (Lipinski definition) is 14. The van der Waals surface area contributed by atoms with Gasteiger partial charge in [0.2, 0.25) is 5.79 Å². The number of aldehydes is 1. The van der Waals surface area contributed by atoms with Gasteiger partial charge in [-0.15, -0.1) is 0 Å². The second kappa shape index (κ2) is 28.4. The van der Waals surface area contributed by atoms with Gasteiger partial charge in [0.1, 0.15) is 12.4 Å². The molecule has 3 aliphatic heterocycles. The van der Waals surface area contributed by atoms with E-state index in [1.807, 2.05) is 0 Å². The highest BCUT2D eigenvalue weighted by Crippen LogP contribution is 2.49. The van der Waals surface area contributed by atoms with E-state index < -0.39 is 75.9 Å². The number of ether oxygens (including phenoxy) is 7. The van der Waals surface area contributed by atoms with Gasteiger partial charge in [-0.25, -0.2) is 4.79 Å². The third-order valence-electron chi connectivity index (χ3n) is 17.8. The average molecular weight is 1110 g/mol. The number of aliphatic hydroxyl groups is 1. The molecule has 4 aliphatic rings. The van der Waals surface area contributed by atoms with Crippen LogP contribution in [-0.2, 0) is 61.2 Å². The predicted octanol–water partition coefficient (Wildman–Crippen LogP) is 13.0. The Balaban J connectivity index is 1.63. The summed E-state index contributed by atoms with van der Waals surface area (Å²) in [6, 6.07) is 0. The molecule has 1 aliphatic carbocycles. The Morgan fingerprint density at radius 1 is 0.816 bits per heavy atom. The number of carbonyl (C=O) groups excluding carboxylic acids is 4. The molecule has 1 N–H and O–H groups in total. The number of rotatable bonds is 26. The SMILES string of the molecule is CCCCCCCC(=O)O[C@H]1C(=CC(=O)OC)C[C@@H](C[C@H](CO[Si](C)(C)C(C)(C)C)OC(=O)C[C@@H](C[C@@H]2CCC[C@H](C[C@@H]3CCOC4(C[C@H](C)CC[C@H]4C(C)C)O3)O2)O[Si](C)(C)C(C)(C)C)O[C@@]1(O)C(C)(C)C=CC=O. The minimum atomic E-state index is -2.42. The summed E-state index contributed by atoms with van der Waals surface area (Å²) in [6.45, 7) is 34.8. The van der Waals surface area contributed by atoms with Crippen LogP contribution in [0.5, 0.6) is 0 Å². The third kappa shape index (κ3) is 18.6. The zero-order valence-corrected chi connectivity index (χ0v) is 52.5. The Kier molecular flexibility index (Phi) is 24.8. The fourth-order valence-corrected chi connectivity index (χ4v) is 13.5. The number of methoxy groups -OCH3 is 1. The Morgan fingerprint density at radius 3 is 2.11 bits per heavy atom. The highest BCUT2D eigenvalue weighted by atomic mass is 28.4. The van der Waals surface area contributed by atoms with E-state index in [1.54, 1.807) is 13.8 Å². The number of allylic oxidation sites excluding steroid dienone is 1. The molecule has 0 bridgehead atoms. The van der Waals surface area contributed by atoms with Crippen molar-refractivity contribution in [1.29, 1.82) is 0 Å². The van der Waals surface area contributed by atoms with Gasteiger partial charge < -0.3 is 47.1 Å². The lowest BCUT2D eigenvalue weighted by Gasteiger charge is -2.51. The normalized spacial score (nSPS) is 29.6. The van der Waals surface area contributed by atoms with E-state index in [0.29, 0.717) is 43.5 Å². The standard InChI is InChI=1S/C60H106O14Si2/c1-18-19-20-21-22-27-52(62)71-55-44(35-53(63)66-13)34-48(73-60(55,65)58(11,12)31-24-32-61)38-50(41-68-75(14,15)56(5,6)7)70-54(64)39-49(74-76(16,17)57(8,9)10)37-46-26-23-25-45(69-46)36-47-30-33-67-59(72-47)40-43(4)28-29-51(59)42(2)3/h24,31-32,35,42-43,45-51,55,65H,18-23,25-30,33-34,36-41H2,1-17H3/t43-,45-,46+,47+,48+,49-,50-,51+,55+,59?,60-/m1/s1. The molecule has 3 heterocycles. The number of esters is 3. The smallest absolute Gasteiger partial charge is 0.330 e. The Morgan fingerprint density at radius 2 is 1.47 bits per heavy atom. The van der Waals surface area contributed by atoms with Crippen molar-refractivity contribution in [2.75, 3.05) is 20.3 Å². The van der Waals surface area contributed by atoms with Crippen LogP contribution >= 0.6 is 0 Å². The Hall–Kier alpha value is -2.29. The third-order valence-corrected chi connectivity index (χ3v) is 26.8. The second-order valence-corrected chi connectivity index (χ2v) is 36.5. The van der Waals surface area contributed by atoms with Crippen LogP contribution in [0.2, 0.25) is 36.3 Å². The van der Waals surface area contributed by atoms with E-state index >= 15 is 0 Å². The quantitative estimate of drug-likeness (QED) is 0.0217. The first-order valence-corrected chi connectivity index (χ1v) is 35.1. The molecule has 4 rings (SSSR count). The first kappa shape index (κ1) is 66.2. The molecule has 16 heteroatoms. The van der Waals surface area contributed by atoms with Gasteiger partial charge in [-0.3, -0.25) is 14.4 Å². The summed E-state index contributed by atoms with van der Waals surface area (Å²) >= 11 is 0. The van der Waals surface area contributed by atoms with Crippen molar-refractivity contribution in [2.24, 2.45) is 23.2 Å². The van der Waals surface area contributed by atoms with Gasteiger partial charge in [-0.05, 0) is 118 Å². The summed E-state index contributed by atoms with van der Waals surface area (Å²) < 4.78 is 58.8. The number of carbonyl (C=O) groups is 4. The lowest BCUT2D eigenvalue weighted by Crippen LogP contribution is -2.62. The molecule has 0 aromatic rings. The Bertz CT molecular complexity index is 1920. The minimum Gasteiger partial charge on any atom is -0.466 e. The zero-order chi connectivity index (χ0) is 56.9. The molecule has 0 amide bonds. The predicted molar refractivity (Wildman–Crippen MR) is 302 cm³/mol. The largest absolute Gasteiger partial charge is 0.466 e. The summed E-state index contributed by atoms with van der Waals surface area (Å²) in [4.78, 5) is 53.0. The van der Waals surface area contributed by atoms with Crippen LogP contribution in [0.15, 0.2) is 23.8 Å². The first-order valence-electron chi connectivity index (χ1n) is 29.3. The molecule has 0 radical (unpaired) electrons. The van der Waals surface area contributed by atoms with E-state index in [4.69, 9.17) is 42.0 Å². The van der Waals surface area contributed by atoms with Crippen LogP contribution in [0.1, 0.15) is 199 Å². The lowest BCUT2D eigenvalue weighted by molar-refractivity contribution is -0.342. The summed E-state index contributed by atoms with van der Waals surface area (Å²) in [5.74, 6) is -3.17. The monoisotopic (exact) mass is 1110 g/mol. The molecular weight excluding hydrogens is 1000 g/mol. The number of unbranched alkanes of at least 4 members (excludes halogenated alkanes) is 4. The maximum absolute atomic E-state index is 14.7. The van der Waals surface area contributed by atoms with Gasteiger partial charge in [0.25, 0.3) is 0 Å². The van der Waals surface area contributed by atoms with E-state index in [1.165, 1.54) is 31.8 Å². The molecule has 76 heavy (non-hydrogen) atoms. The van der Waals surface area contributed by atoms with Crippen LogP contribution < -0.4 is 0 Å². The van der Waals surface area contributed by atoms with Crippen LogP contribution in [0.3, 0.4) is 0 Å². The van der Waals surface area contributed by atoms with Gasteiger partial charge in [0.15, 0.2) is 28.5 Å². The van der Waals surface area contributed by atoms with Crippen molar-refractivity contribution < 1.29 is 66.3 Å². The zero-order valence-electron chi connectivity index (χ0n) is 50.5. The topological polar surface area (TPSA) is 172 Å². The first-order chi connectivity index (χ1) is 35.3. The molecule has 1 spiro atoms. The molecular formula is C60H106O14Si2. The van der Waals surface area contributed by atoms with E-state index in [9.17, 15) is 24.3 Å². The molecule has 4 fully saturated rings. The van der Waals surface area contributed by atoms with E-state index in [-0.39, 0.29) is 66.3 Å². The molecule has 1 saturated carbocycles. The maximum atomic E-state index is 14.7. The van der Waals surface area contributed by atoms with Crippen LogP contribution in [0.25, 0.3) is 0 Å². The Labute approximate surface area is 461 Å². The number of hydrogen-bond donors (Lipinski definition) is 1. The van der Waals surface area contributed by atoms with Crippen molar-refractivity contribution in [3.8, 4) is 0 Å². The molecule has 438 valence electrons. The molecule has 14 nitrogen and oxygen atoms in total. The highest BCUT2D eigenvalue weighted by Gasteiger charge is 2.58. The van der Waals surface area contributed by atoms with Crippen LogP contribution in [0.4, 0.5) is 0 Å². The van der Waals surface area contributed by atoms with Crippen molar-refractivity contribution >= 4 is 40.8 Å².